The average Bonchev–Trinajstić information content (AvgIpc) is 3.11. The van der Waals surface area contributed by atoms with Gasteiger partial charge >= 0.3 is 0 Å². The molecule has 4 nitrogen and oxygen atoms in total. The van der Waals surface area contributed by atoms with E-state index in [-0.39, 0.29) is 23.2 Å². The third-order valence-corrected chi connectivity index (χ3v) is 5.95. The highest BCUT2D eigenvalue weighted by atomic mass is 16.5. The summed E-state index contributed by atoms with van der Waals surface area (Å²) in [5, 5.41) is 0. The molecule has 4 rings (SSSR count). The molecule has 0 aromatic heterocycles. The third-order valence-electron chi connectivity index (χ3n) is 5.95. The van der Waals surface area contributed by atoms with Crippen molar-refractivity contribution in [3.8, 4) is 0 Å². The van der Waals surface area contributed by atoms with Crippen molar-refractivity contribution in [1.82, 2.24) is 4.90 Å². The lowest BCUT2D eigenvalue weighted by atomic mass is 9.81. The van der Waals surface area contributed by atoms with Gasteiger partial charge in [0.05, 0.1) is 17.7 Å². The van der Waals surface area contributed by atoms with Crippen molar-refractivity contribution in [2.24, 2.45) is 11.8 Å². The highest BCUT2D eigenvalue weighted by Crippen LogP contribution is 2.55. The summed E-state index contributed by atoms with van der Waals surface area (Å²) in [6.45, 7) is 6.49. The first-order valence-corrected chi connectivity index (χ1v) is 8.58. The van der Waals surface area contributed by atoms with Gasteiger partial charge in [-0.2, -0.15) is 0 Å². The fourth-order valence-electron chi connectivity index (χ4n) is 5.30. The Hall–Kier alpha value is -0.610. The van der Waals surface area contributed by atoms with E-state index in [9.17, 15) is 4.79 Å². The van der Waals surface area contributed by atoms with Gasteiger partial charge in [-0.1, -0.05) is 0 Å². The van der Waals surface area contributed by atoms with E-state index >= 15 is 0 Å². The number of hydrogen-bond acceptors (Lipinski definition) is 3. The minimum Gasteiger partial charge on any atom is -0.368 e. The van der Waals surface area contributed by atoms with Gasteiger partial charge in [0.15, 0.2) is 0 Å². The second kappa shape index (κ2) is 4.69. The minimum atomic E-state index is -0.239. The van der Waals surface area contributed by atoms with Gasteiger partial charge in [0, 0.05) is 13.2 Å². The molecule has 0 unspecified atom stereocenters. The van der Waals surface area contributed by atoms with Crippen LogP contribution in [0.1, 0.15) is 52.4 Å². The van der Waals surface area contributed by atoms with E-state index in [1.807, 2.05) is 0 Å². The largest absolute Gasteiger partial charge is 0.368 e. The molecule has 21 heavy (non-hydrogen) atoms. The summed E-state index contributed by atoms with van der Waals surface area (Å²) in [5.74, 6) is 1.68. The first-order chi connectivity index (χ1) is 9.97. The molecule has 0 N–H and O–H groups in total. The summed E-state index contributed by atoms with van der Waals surface area (Å²) in [6, 6.07) is 0. The Labute approximate surface area is 127 Å². The van der Waals surface area contributed by atoms with Gasteiger partial charge < -0.3 is 14.4 Å². The van der Waals surface area contributed by atoms with Crippen molar-refractivity contribution in [1.29, 1.82) is 0 Å². The monoisotopic (exact) mass is 293 g/mol. The first-order valence-electron chi connectivity index (χ1n) is 8.58. The van der Waals surface area contributed by atoms with Gasteiger partial charge in [-0.3, -0.25) is 4.79 Å². The number of fused-ring (bicyclic) bond motifs is 3. The number of morpholine rings is 1. The zero-order valence-electron chi connectivity index (χ0n) is 13.3. The Kier molecular flexibility index (Phi) is 3.13. The van der Waals surface area contributed by atoms with Crippen molar-refractivity contribution in [3.05, 3.63) is 0 Å². The van der Waals surface area contributed by atoms with Crippen molar-refractivity contribution >= 4 is 5.91 Å². The van der Waals surface area contributed by atoms with Crippen LogP contribution in [-0.4, -0.2) is 47.8 Å². The Bertz CT molecular complexity index is 443. The highest BCUT2D eigenvalue weighted by Gasteiger charge is 2.57. The smallest absolute Gasteiger partial charge is 0.251 e. The zero-order valence-corrected chi connectivity index (χ0v) is 13.3. The molecule has 1 amide bonds. The molecule has 4 heteroatoms. The molecule has 0 radical (unpaired) electrons. The molecule has 4 aliphatic rings. The van der Waals surface area contributed by atoms with Gasteiger partial charge in [0.25, 0.3) is 5.91 Å². The fourth-order valence-corrected chi connectivity index (χ4v) is 5.30. The quantitative estimate of drug-likeness (QED) is 0.745. The van der Waals surface area contributed by atoms with Crippen LogP contribution < -0.4 is 0 Å². The number of hydrogen-bond donors (Lipinski definition) is 0. The SMILES string of the molecule is CC1(C)CN(C(=O)[C@@H]2CCCO2)C[C@]2(C[C@@H]3CC[C@H]2C3)O1. The molecule has 1 spiro atoms. The van der Waals surface area contributed by atoms with Crippen LogP contribution in [-0.2, 0) is 14.3 Å². The highest BCUT2D eigenvalue weighted by molar-refractivity contribution is 5.81. The van der Waals surface area contributed by atoms with E-state index in [1.54, 1.807) is 0 Å². The summed E-state index contributed by atoms with van der Waals surface area (Å²) in [7, 11) is 0. The summed E-state index contributed by atoms with van der Waals surface area (Å²) < 4.78 is 12.2. The first kappa shape index (κ1) is 14.0. The Balaban J connectivity index is 1.56. The molecule has 0 aromatic carbocycles. The molecular weight excluding hydrogens is 266 g/mol. The molecule has 0 aromatic rings. The Morgan fingerprint density at radius 3 is 2.67 bits per heavy atom. The van der Waals surface area contributed by atoms with Crippen LogP contribution in [0, 0.1) is 11.8 Å². The molecule has 2 bridgehead atoms. The summed E-state index contributed by atoms with van der Waals surface area (Å²) in [4.78, 5) is 14.8. The normalized spacial score (nSPS) is 44.7. The van der Waals surface area contributed by atoms with Crippen LogP contribution in [0.25, 0.3) is 0 Å². The fraction of sp³-hybridized carbons (Fsp3) is 0.941. The van der Waals surface area contributed by atoms with Crippen LogP contribution in [0.15, 0.2) is 0 Å². The van der Waals surface area contributed by atoms with Gasteiger partial charge in [-0.25, -0.2) is 0 Å². The van der Waals surface area contributed by atoms with E-state index in [2.05, 4.69) is 18.7 Å². The van der Waals surface area contributed by atoms with Gasteiger partial charge in [0.2, 0.25) is 0 Å². The van der Waals surface area contributed by atoms with E-state index in [0.717, 1.165) is 38.3 Å². The number of carbonyl (C=O) groups excluding carboxylic acids is 1. The molecule has 2 saturated carbocycles. The molecule has 4 atom stereocenters. The number of nitrogens with zero attached hydrogens (tertiary/aromatic N) is 1. The van der Waals surface area contributed by atoms with Crippen LogP contribution >= 0.6 is 0 Å². The summed E-state index contributed by atoms with van der Waals surface area (Å²) >= 11 is 0. The summed E-state index contributed by atoms with van der Waals surface area (Å²) in [6.07, 6.45) is 6.79. The topological polar surface area (TPSA) is 38.8 Å². The van der Waals surface area contributed by atoms with Gasteiger partial charge in [-0.15, -0.1) is 0 Å². The van der Waals surface area contributed by atoms with Crippen LogP contribution in [0.2, 0.25) is 0 Å². The second-order valence-corrected chi connectivity index (χ2v) is 8.20. The predicted octanol–water partition coefficient (Wildman–Crippen LogP) is 2.36. The Morgan fingerprint density at radius 2 is 2.05 bits per heavy atom. The van der Waals surface area contributed by atoms with Crippen LogP contribution in [0.4, 0.5) is 0 Å². The molecule has 118 valence electrons. The predicted molar refractivity (Wildman–Crippen MR) is 78.9 cm³/mol. The van der Waals surface area contributed by atoms with Crippen LogP contribution in [0.3, 0.4) is 0 Å². The molecule has 4 fully saturated rings. The molecule has 2 aliphatic carbocycles. The lowest BCUT2D eigenvalue weighted by molar-refractivity contribution is -0.220. The third kappa shape index (κ3) is 2.31. The Morgan fingerprint density at radius 1 is 1.19 bits per heavy atom. The number of amides is 1. The van der Waals surface area contributed by atoms with Crippen LogP contribution in [0.5, 0.6) is 0 Å². The van der Waals surface area contributed by atoms with Crippen molar-refractivity contribution in [2.45, 2.75) is 69.7 Å². The van der Waals surface area contributed by atoms with E-state index in [0.29, 0.717) is 12.5 Å². The zero-order chi connectivity index (χ0) is 14.7. The van der Waals surface area contributed by atoms with Crippen molar-refractivity contribution in [3.63, 3.8) is 0 Å². The second-order valence-electron chi connectivity index (χ2n) is 8.20. The maximum absolute atomic E-state index is 12.8. The summed E-state index contributed by atoms with van der Waals surface area (Å²) in [5.41, 5.74) is -0.310. The van der Waals surface area contributed by atoms with Gasteiger partial charge in [0.1, 0.15) is 6.10 Å². The van der Waals surface area contributed by atoms with Crippen molar-refractivity contribution in [2.75, 3.05) is 19.7 Å². The minimum absolute atomic E-state index is 0.0705. The van der Waals surface area contributed by atoms with E-state index in [4.69, 9.17) is 9.47 Å². The standard InChI is InChI=1S/C17H27NO3/c1-16(2)10-18(15(19)14-4-3-7-20-14)11-17(21-16)9-12-5-6-13(17)8-12/h12-14H,3-11H2,1-2H3/t12-,13+,14+,17+/m1/s1. The number of rotatable bonds is 1. The molecule has 2 aliphatic heterocycles. The van der Waals surface area contributed by atoms with Crippen molar-refractivity contribution < 1.29 is 14.3 Å². The molecule has 2 heterocycles. The lowest BCUT2D eigenvalue weighted by Crippen LogP contribution is -2.63. The molecule has 2 saturated heterocycles. The van der Waals surface area contributed by atoms with E-state index in [1.165, 1.54) is 19.3 Å². The lowest BCUT2D eigenvalue weighted by Gasteiger charge is -2.52. The van der Waals surface area contributed by atoms with E-state index < -0.39 is 0 Å². The van der Waals surface area contributed by atoms with Gasteiger partial charge in [-0.05, 0) is 64.2 Å². The molecular formula is C17H27NO3. The maximum atomic E-state index is 12.8. The number of carbonyl (C=O) groups is 1. The number of ether oxygens (including phenoxy) is 2. The maximum Gasteiger partial charge on any atom is 0.251 e. The average molecular weight is 293 g/mol.